The molecule has 1 aromatic carbocycles. The molecular formula is C31H37ClN6OS. The third-order valence-corrected chi connectivity index (χ3v) is 10.7. The molecule has 4 heterocycles. The van der Waals surface area contributed by atoms with Crippen molar-refractivity contribution in [1.29, 1.82) is 0 Å². The molecule has 0 spiro atoms. The molecule has 7 rings (SSSR count). The van der Waals surface area contributed by atoms with Gasteiger partial charge in [0, 0.05) is 30.1 Å². The van der Waals surface area contributed by atoms with Crippen molar-refractivity contribution in [3.63, 3.8) is 0 Å². The molecule has 1 unspecified atom stereocenters. The Morgan fingerprint density at radius 1 is 1.07 bits per heavy atom. The largest absolute Gasteiger partial charge is 0.391 e. The second kappa shape index (κ2) is 10.7. The number of piperidine rings is 1. The third kappa shape index (κ3) is 5.04. The van der Waals surface area contributed by atoms with Gasteiger partial charge in [0.15, 0.2) is 0 Å². The van der Waals surface area contributed by atoms with Crippen LogP contribution in [0.5, 0.6) is 0 Å². The van der Waals surface area contributed by atoms with Crippen LogP contribution in [0.4, 0.5) is 5.82 Å². The highest BCUT2D eigenvalue weighted by Gasteiger charge is 2.45. The van der Waals surface area contributed by atoms with E-state index >= 15 is 0 Å². The maximum atomic E-state index is 11.6. The van der Waals surface area contributed by atoms with Gasteiger partial charge in [0.2, 0.25) is 5.28 Å². The number of likely N-dealkylation sites (tertiary alicyclic amines) is 1. The van der Waals surface area contributed by atoms with Crippen molar-refractivity contribution in [3.8, 4) is 10.6 Å². The van der Waals surface area contributed by atoms with Crippen LogP contribution in [0.2, 0.25) is 5.28 Å². The van der Waals surface area contributed by atoms with Crippen molar-refractivity contribution < 1.29 is 5.11 Å². The van der Waals surface area contributed by atoms with Crippen LogP contribution in [-0.2, 0) is 6.42 Å². The fourth-order valence-electron chi connectivity index (χ4n) is 7.25. The molecule has 3 aliphatic rings. The summed E-state index contributed by atoms with van der Waals surface area (Å²) in [5.41, 5.74) is 10.3. The highest BCUT2D eigenvalue weighted by atomic mass is 35.5. The Morgan fingerprint density at radius 2 is 1.85 bits per heavy atom. The first kappa shape index (κ1) is 26.4. The van der Waals surface area contributed by atoms with Crippen molar-refractivity contribution in [1.82, 2.24) is 24.4 Å². The lowest BCUT2D eigenvalue weighted by atomic mass is 9.78. The van der Waals surface area contributed by atoms with Crippen molar-refractivity contribution in [2.45, 2.75) is 57.6 Å². The summed E-state index contributed by atoms with van der Waals surface area (Å²) in [6.07, 6.45) is 8.59. The predicted octanol–water partition coefficient (Wildman–Crippen LogP) is 6.06. The van der Waals surface area contributed by atoms with E-state index in [0.717, 1.165) is 40.4 Å². The summed E-state index contributed by atoms with van der Waals surface area (Å²) in [6, 6.07) is 10.3. The number of aromatic nitrogens is 4. The number of anilines is 1. The second-order valence-electron chi connectivity index (χ2n) is 12.2. The van der Waals surface area contributed by atoms with Crippen LogP contribution in [0.25, 0.3) is 21.6 Å². The molecule has 1 saturated heterocycles. The van der Waals surface area contributed by atoms with Crippen LogP contribution < -0.4 is 5.73 Å². The van der Waals surface area contributed by atoms with E-state index < -0.39 is 6.10 Å². The maximum absolute atomic E-state index is 11.6. The average molecular weight is 577 g/mol. The topological polar surface area (TPSA) is 93.1 Å². The number of thiazole rings is 1. The monoisotopic (exact) mass is 576 g/mol. The van der Waals surface area contributed by atoms with E-state index in [2.05, 4.69) is 62.2 Å². The van der Waals surface area contributed by atoms with Gasteiger partial charge < -0.3 is 20.3 Å². The third-order valence-electron chi connectivity index (χ3n) is 9.61. The standard InChI is InChI=1S/C31H37ClN6OS/c1-18-23(21-9-11-37(12-10-21)15-20-7-8-20)14-25(27(18)39)38-16-24(26-28(33)35-31(32)36-29(26)38)30-34-22(17-40-30)13-19-5-3-2-4-6-19/h2-6,16-18,20-21,23,25,27,39H,7-15H2,1H3,(H2,33,35,36)/t18-,23+,25?,27-/m1/s1. The van der Waals surface area contributed by atoms with Crippen LogP contribution in [0.15, 0.2) is 41.9 Å². The molecule has 4 aromatic rings. The van der Waals surface area contributed by atoms with Gasteiger partial charge in [-0.15, -0.1) is 11.3 Å². The van der Waals surface area contributed by atoms with E-state index in [1.807, 2.05) is 6.07 Å². The van der Waals surface area contributed by atoms with E-state index in [0.29, 0.717) is 23.3 Å². The van der Waals surface area contributed by atoms with Gasteiger partial charge in [-0.1, -0.05) is 37.3 Å². The minimum atomic E-state index is -0.460. The highest BCUT2D eigenvalue weighted by molar-refractivity contribution is 7.13. The number of nitrogens with zero attached hydrogens (tertiary/aromatic N) is 5. The first-order chi connectivity index (χ1) is 19.4. The lowest BCUT2D eigenvalue weighted by Crippen LogP contribution is -2.38. The quantitative estimate of drug-likeness (QED) is 0.260. The Balaban J connectivity index is 1.17. The molecule has 0 amide bonds. The molecule has 210 valence electrons. The molecule has 40 heavy (non-hydrogen) atoms. The van der Waals surface area contributed by atoms with Gasteiger partial charge in [-0.25, -0.2) is 9.97 Å². The van der Waals surface area contributed by atoms with Crippen LogP contribution in [0.1, 0.15) is 56.3 Å². The SMILES string of the molecule is C[C@@H]1[C@@H](C2CCN(CC3CC3)CC2)CC(n2cc(-c3nc(Cc4ccccc4)cs3)c3c(N)nc(Cl)nc32)[C@@H]1O. The van der Waals surface area contributed by atoms with E-state index in [1.54, 1.807) is 11.3 Å². The Hall–Kier alpha value is -2.52. The fourth-order valence-corrected chi connectivity index (χ4v) is 8.25. The number of halogens is 1. The van der Waals surface area contributed by atoms with Crippen molar-refractivity contribution in [2.75, 3.05) is 25.4 Å². The van der Waals surface area contributed by atoms with E-state index in [9.17, 15) is 5.11 Å². The second-order valence-corrected chi connectivity index (χ2v) is 13.4. The van der Waals surface area contributed by atoms with E-state index in [-0.39, 0.29) is 17.2 Å². The molecule has 4 atom stereocenters. The summed E-state index contributed by atoms with van der Waals surface area (Å²) in [7, 11) is 0. The van der Waals surface area contributed by atoms with Gasteiger partial charge in [0.05, 0.1) is 23.2 Å². The highest BCUT2D eigenvalue weighted by Crippen LogP contribution is 2.48. The zero-order chi connectivity index (χ0) is 27.4. The number of nitrogens with two attached hydrogens (primary N) is 1. The Bertz CT molecular complexity index is 1490. The van der Waals surface area contributed by atoms with Crippen LogP contribution in [0, 0.1) is 23.7 Å². The number of aliphatic hydroxyl groups excluding tert-OH is 1. The number of hydrogen-bond acceptors (Lipinski definition) is 7. The van der Waals surface area contributed by atoms with Crippen molar-refractivity contribution >= 4 is 39.8 Å². The zero-order valence-electron chi connectivity index (χ0n) is 22.9. The first-order valence-corrected chi connectivity index (χ1v) is 15.9. The van der Waals surface area contributed by atoms with Crippen LogP contribution in [0.3, 0.4) is 0 Å². The smallest absolute Gasteiger partial charge is 0.226 e. The Morgan fingerprint density at radius 3 is 2.60 bits per heavy atom. The molecule has 3 fully saturated rings. The number of fused-ring (bicyclic) bond motifs is 1. The maximum Gasteiger partial charge on any atom is 0.226 e. The summed E-state index contributed by atoms with van der Waals surface area (Å²) in [5, 5.41) is 15.5. The molecule has 1 aliphatic heterocycles. The van der Waals surface area contributed by atoms with Gasteiger partial charge in [-0.3, -0.25) is 0 Å². The van der Waals surface area contributed by atoms with Gasteiger partial charge >= 0.3 is 0 Å². The van der Waals surface area contributed by atoms with Gasteiger partial charge in [0.25, 0.3) is 0 Å². The molecule has 3 aromatic heterocycles. The average Bonchev–Trinajstić information content (AvgIpc) is 3.38. The minimum Gasteiger partial charge on any atom is -0.391 e. The molecule has 0 radical (unpaired) electrons. The molecule has 2 aliphatic carbocycles. The number of benzene rings is 1. The Kier molecular flexibility index (Phi) is 7.06. The van der Waals surface area contributed by atoms with Crippen molar-refractivity contribution in [3.05, 3.63) is 58.4 Å². The molecule has 9 heteroatoms. The molecule has 3 N–H and O–H groups in total. The first-order valence-electron chi connectivity index (χ1n) is 14.7. The number of nitrogen functional groups attached to an aromatic ring is 1. The molecular weight excluding hydrogens is 540 g/mol. The lowest BCUT2D eigenvalue weighted by Gasteiger charge is -2.36. The molecule has 2 saturated carbocycles. The summed E-state index contributed by atoms with van der Waals surface area (Å²) in [4.78, 5) is 16.6. The molecule has 0 bridgehead atoms. The van der Waals surface area contributed by atoms with Crippen LogP contribution in [-0.4, -0.2) is 55.3 Å². The molecule has 7 nitrogen and oxygen atoms in total. The zero-order valence-corrected chi connectivity index (χ0v) is 24.5. The van der Waals surface area contributed by atoms with Crippen molar-refractivity contribution in [2.24, 2.45) is 23.7 Å². The summed E-state index contributed by atoms with van der Waals surface area (Å²) < 4.78 is 2.12. The van der Waals surface area contributed by atoms with Gasteiger partial charge in [-0.05, 0) is 86.0 Å². The van der Waals surface area contributed by atoms with Gasteiger partial charge in [0.1, 0.15) is 16.5 Å². The predicted molar refractivity (Wildman–Crippen MR) is 162 cm³/mol. The number of hydrogen-bond donors (Lipinski definition) is 2. The lowest BCUT2D eigenvalue weighted by molar-refractivity contribution is 0.0747. The fraction of sp³-hybridized carbons (Fsp3) is 0.516. The number of aliphatic hydroxyl groups is 1. The summed E-state index contributed by atoms with van der Waals surface area (Å²) >= 11 is 7.93. The Labute approximate surface area is 244 Å². The van der Waals surface area contributed by atoms with E-state index in [4.69, 9.17) is 22.3 Å². The normalized spacial score (nSPS) is 26.2. The van der Waals surface area contributed by atoms with E-state index in [1.165, 1.54) is 50.9 Å². The van der Waals surface area contributed by atoms with Crippen LogP contribution >= 0.6 is 22.9 Å². The summed E-state index contributed by atoms with van der Waals surface area (Å²) in [5.74, 6) is 2.64. The number of rotatable bonds is 7. The van der Waals surface area contributed by atoms with Gasteiger partial charge in [-0.2, -0.15) is 4.98 Å². The minimum absolute atomic E-state index is 0.0881. The summed E-state index contributed by atoms with van der Waals surface area (Å²) in [6.45, 7) is 5.89.